The van der Waals surface area contributed by atoms with E-state index in [0.717, 1.165) is 0 Å². The van der Waals surface area contributed by atoms with E-state index in [1.165, 1.54) is 25.7 Å². The summed E-state index contributed by atoms with van der Waals surface area (Å²) < 4.78 is 44.8. The topological polar surface area (TPSA) is 136 Å². The maximum absolute atomic E-state index is 14.6. The molecular weight excluding hydrogens is 484 g/mol. The average Bonchev–Trinajstić information content (AvgIpc) is 3.22. The lowest BCUT2D eigenvalue weighted by Crippen LogP contribution is -2.48. The number of ether oxygens (including phenoxy) is 2. The number of nitrogens with zero attached hydrogens (tertiary/aromatic N) is 4. The van der Waals surface area contributed by atoms with Crippen molar-refractivity contribution >= 4 is 18.1 Å². The molecule has 1 N–H and O–H groups in total. The van der Waals surface area contributed by atoms with Crippen molar-refractivity contribution in [2.75, 3.05) is 6.54 Å². The van der Waals surface area contributed by atoms with Gasteiger partial charge >= 0.3 is 24.2 Å². The molecule has 0 unspecified atom stereocenters. The fourth-order valence-corrected chi connectivity index (χ4v) is 4.39. The van der Waals surface area contributed by atoms with Crippen molar-refractivity contribution in [1.29, 1.82) is 0 Å². The van der Waals surface area contributed by atoms with E-state index < -0.39 is 52.9 Å². The van der Waals surface area contributed by atoms with Crippen LogP contribution in [0.1, 0.15) is 78.6 Å². The first-order valence-corrected chi connectivity index (χ1v) is 11.7. The van der Waals surface area contributed by atoms with E-state index in [2.05, 4.69) is 15.5 Å². The van der Waals surface area contributed by atoms with Crippen LogP contribution in [0.25, 0.3) is 0 Å². The van der Waals surface area contributed by atoms with Gasteiger partial charge in [-0.1, -0.05) is 0 Å². The number of nitrogens with one attached hydrogen (secondary N) is 1. The maximum Gasteiger partial charge on any atom is 0.477 e. The number of esters is 1. The van der Waals surface area contributed by atoms with Gasteiger partial charge in [0.1, 0.15) is 17.2 Å². The molecule has 3 aliphatic rings. The Kier molecular flexibility index (Phi) is 6.17. The van der Waals surface area contributed by atoms with Crippen molar-refractivity contribution in [3.8, 4) is 0 Å². The second-order valence-electron chi connectivity index (χ2n) is 11.4. The number of rotatable bonds is 6. The van der Waals surface area contributed by atoms with E-state index in [0.29, 0.717) is 24.3 Å². The summed E-state index contributed by atoms with van der Waals surface area (Å²) in [4.78, 5) is 43.0. The minimum Gasteiger partial charge on any atom is -0.453 e. The molecule has 14 heteroatoms. The zero-order valence-electron chi connectivity index (χ0n) is 21.1. The molecular formula is C22H31F2N5O7. The second kappa shape index (κ2) is 8.53. The summed E-state index contributed by atoms with van der Waals surface area (Å²) in [7, 11) is 0. The highest BCUT2D eigenvalue weighted by atomic mass is 19.3. The smallest absolute Gasteiger partial charge is 0.453 e. The van der Waals surface area contributed by atoms with Crippen LogP contribution in [-0.4, -0.2) is 68.2 Å². The van der Waals surface area contributed by atoms with Crippen LogP contribution in [0.3, 0.4) is 0 Å². The molecule has 12 nitrogen and oxygen atoms in total. The first kappa shape index (κ1) is 26.0. The molecule has 1 saturated carbocycles. The molecule has 0 radical (unpaired) electrons. The third-order valence-electron chi connectivity index (χ3n) is 6.06. The van der Waals surface area contributed by atoms with E-state index >= 15 is 0 Å². The molecule has 200 valence electrons. The van der Waals surface area contributed by atoms with Gasteiger partial charge < -0.3 is 24.1 Å². The fourth-order valence-electron chi connectivity index (χ4n) is 4.39. The zero-order chi connectivity index (χ0) is 26.7. The number of piperidine rings is 1. The van der Waals surface area contributed by atoms with Gasteiger partial charge in [-0.25, -0.2) is 14.4 Å². The minimum atomic E-state index is -4.35. The predicted octanol–water partition coefficient (Wildman–Crippen LogP) is 3.29. The van der Waals surface area contributed by atoms with Gasteiger partial charge in [-0.2, -0.15) is 18.7 Å². The highest BCUT2D eigenvalue weighted by molar-refractivity contribution is 5.79. The number of halogens is 2. The highest BCUT2D eigenvalue weighted by Crippen LogP contribution is 2.62. The number of alkyl carbamates (subject to hydrolysis) is 1. The lowest BCUT2D eigenvalue weighted by Gasteiger charge is -2.35. The Balaban J connectivity index is 1.46. The Morgan fingerprint density at radius 3 is 2.33 bits per heavy atom. The van der Waals surface area contributed by atoms with Crippen molar-refractivity contribution in [2.45, 2.75) is 96.7 Å². The normalized spacial score (nSPS) is 23.2. The number of alkyl halides is 2. The van der Waals surface area contributed by atoms with Gasteiger partial charge in [0.15, 0.2) is 0 Å². The van der Waals surface area contributed by atoms with E-state index in [9.17, 15) is 23.2 Å². The number of hydrogen-bond donors (Lipinski definition) is 1. The van der Waals surface area contributed by atoms with Gasteiger partial charge in [0, 0.05) is 6.54 Å². The molecule has 1 aliphatic carbocycles. The van der Waals surface area contributed by atoms with Crippen molar-refractivity contribution in [2.24, 2.45) is 5.41 Å². The van der Waals surface area contributed by atoms with Gasteiger partial charge in [-0.3, -0.25) is 0 Å². The van der Waals surface area contributed by atoms with Crippen LogP contribution in [0, 0.1) is 5.41 Å². The quantitative estimate of drug-likeness (QED) is 0.566. The molecule has 1 aromatic heterocycles. The summed E-state index contributed by atoms with van der Waals surface area (Å²) in [5, 5.41) is 11.0. The number of fused-ring (bicyclic) bond motifs is 3. The Morgan fingerprint density at radius 1 is 1.11 bits per heavy atom. The molecule has 2 bridgehead atoms. The van der Waals surface area contributed by atoms with Crippen molar-refractivity contribution in [1.82, 2.24) is 25.5 Å². The number of carbonyl (C=O) groups is 3. The van der Waals surface area contributed by atoms with Crippen LogP contribution in [0.5, 0.6) is 0 Å². The van der Waals surface area contributed by atoms with Crippen LogP contribution < -0.4 is 5.32 Å². The lowest BCUT2D eigenvalue weighted by atomic mass is 9.85. The number of hydrogen-bond acceptors (Lipinski definition) is 9. The van der Waals surface area contributed by atoms with Crippen LogP contribution in [0.4, 0.5) is 18.4 Å². The molecule has 2 saturated heterocycles. The van der Waals surface area contributed by atoms with Crippen molar-refractivity contribution in [3.63, 3.8) is 0 Å². The molecule has 2 atom stereocenters. The van der Waals surface area contributed by atoms with E-state index in [1.54, 1.807) is 20.8 Å². The molecule has 1 spiro atoms. The highest BCUT2D eigenvalue weighted by Gasteiger charge is 2.66. The first-order valence-electron chi connectivity index (χ1n) is 11.7. The molecule has 1 aromatic rings. The molecule has 4 rings (SSSR count). The molecule has 0 aromatic carbocycles. The maximum atomic E-state index is 14.6. The number of urea groups is 1. The predicted molar refractivity (Wildman–Crippen MR) is 116 cm³/mol. The molecule has 2 aliphatic heterocycles. The Hall–Kier alpha value is -3.03. The zero-order valence-corrected chi connectivity index (χ0v) is 21.1. The van der Waals surface area contributed by atoms with Gasteiger partial charge in [-0.15, -0.1) is 10.2 Å². The summed E-state index contributed by atoms with van der Waals surface area (Å²) >= 11 is 0. The van der Waals surface area contributed by atoms with E-state index in [1.807, 2.05) is 0 Å². The molecule has 36 heavy (non-hydrogen) atoms. The number of hydroxylamine groups is 2. The second-order valence-corrected chi connectivity index (χ2v) is 11.4. The molecule has 3 fully saturated rings. The van der Waals surface area contributed by atoms with Crippen molar-refractivity contribution < 1.29 is 41.9 Å². The third-order valence-corrected chi connectivity index (χ3v) is 6.06. The standard InChI is InChI=1S/C22H31F2N5O7/c1-19(2,3)34-16(30)22(23,24)36-29-13-11-28(18(29)32)12(9-21(13)7-8-21)15-27-26-14(33-15)10-25-17(31)35-20(4,5)6/h12-13H,7-11H2,1-6H3,(H,25,31)/t12-,13-/m0/s1. The summed E-state index contributed by atoms with van der Waals surface area (Å²) in [6, 6.07) is -2.16. The monoisotopic (exact) mass is 515 g/mol. The SMILES string of the molecule is CC(C)(C)OC(=O)NCc1nnc([C@@H]2CC3(CC3)[C@@H]3CN2C(=O)N3OC(F)(F)C(=O)OC(C)(C)C)o1. The first-order chi connectivity index (χ1) is 16.5. The summed E-state index contributed by atoms with van der Waals surface area (Å²) in [5.74, 6) is -1.66. The van der Waals surface area contributed by atoms with Crippen LogP contribution >= 0.6 is 0 Å². The van der Waals surface area contributed by atoms with Gasteiger partial charge in [-0.05, 0) is 66.2 Å². The van der Waals surface area contributed by atoms with E-state index in [-0.39, 0.29) is 24.9 Å². The average molecular weight is 516 g/mol. The van der Waals surface area contributed by atoms with E-state index in [4.69, 9.17) is 18.7 Å². The Bertz CT molecular complexity index is 1040. The van der Waals surface area contributed by atoms with Crippen LogP contribution in [0.2, 0.25) is 0 Å². The van der Waals surface area contributed by atoms with Gasteiger partial charge in [0.25, 0.3) is 0 Å². The Morgan fingerprint density at radius 2 is 1.75 bits per heavy atom. The van der Waals surface area contributed by atoms with Crippen LogP contribution in [0.15, 0.2) is 4.42 Å². The molecule has 3 amide bonds. The van der Waals surface area contributed by atoms with Crippen molar-refractivity contribution in [3.05, 3.63) is 11.8 Å². The number of carbonyl (C=O) groups excluding carboxylic acids is 3. The van der Waals surface area contributed by atoms with Gasteiger partial charge in [0.2, 0.25) is 11.8 Å². The lowest BCUT2D eigenvalue weighted by molar-refractivity contribution is -0.335. The summed E-state index contributed by atoms with van der Waals surface area (Å²) in [6.45, 7) is 9.54. The third kappa shape index (κ3) is 5.37. The minimum absolute atomic E-state index is 0.0896. The summed E-state index contributed by atoms with van der Waals surface area (Å²) in [6.07, 6.45) is -3.23. The van der Waals surface area contributed by atoms with Crippen LogP contribution in [-0.2, 0) is 25.7 Å². The molecule has 3 heterocycles. The largest absolute Gasteiger partial charge is 0.477 e. The Labute approximate surface area is 206 Å². The number of aromatic nitrogens is 2. The fraction of sp³-hybridized carbons (Fsp3) is 0.773. The van der Waals surface area contributed by atoms with Gasteiger partial charge in [0.05, 0.1) is 12.6 Å². The number of amides is 3. The summed E-state index contributed by atoms with van der Waals surface area (Å²) in [5.41, 5.74) is -2.30.